The van der Waals surface area contributed by atoms with E-state index in [1.807, 2.05) is 9.80 Å². The fourth-order valence-corrected chi connectivity index (χ4v) is 3.80. The molecule has 1 N–H and O–H groups in total. The zero-order chi connectivity index (χ0) is 21.4. The van der Waals surface area contributed by atoms with Gasteiger partial charge in [0.2, 0.25) is 11.9 Å². The van der Waals surface area contributed by atoms with Crippen LogP contribution in [0.2, 0.25) is 0 Å². The van der Waals surface area contributed by atoms with Gasteiger partial charge in [0.1, 0.15) is 0 Å². The molecule has 3 aromatic rings. The average molecular weight is 434 g/mol. The summed E-state index contributed by atoms with van der Waals surface area (Å²) in [5, 5.41) is 0.625. The minimum Gasteiger partial charge on any atom is -0.378 e. The van der Waals surface area contributed by atoms with Gasteiger partial charge in [-0.15, -0.1) is 0 Å². The number of hydrogen-bond acceptors (Lipinski definition) is 7. The van der Waals surface area contributed by atoms with Crippen molar-refractivity contribution in [3.05, 3.63) is 30.0 Å². The summed E-state index contributed by atoms with van der Waals surface area (Å²) in [6.07, 6.45) is -2.87. The van der Waals surface area contributed by atoms with E-state index in [1.165, 1.54) is 0 Å². The number of ether oxygens (including phenoxy) is 2. The van der Waals surface area contributed by atoms with E-state index in [-0.39, 0.29) is 5.82 Å². The molecule has 164 valence electrons. The SMILES string of the molecule is FC(F)(F)c1cc(-c2nc(N3CCOCC3)nc(N3CCOCC3)n2)c2cc[nH]c2c1. The monoisotopic (exact) mass is 434 g/mol. The molecule has 2 aromatic heterocycles. The Morgan fingerprint density at radius 3 is 1.97 bits per heavy atom. The molecule has 0 bridgehead atoms. The number of aromatic nitrogens is 4. The van der Waals surface area contributed by atoms with E-state index in [9.17, 15) is 13.2 Å². The second-order valence-electron chi connectivity index (χ2n) is 7.42. The largest absolute Gasteiger partial charge is 0.416 e. The first-order chi connectivity index (χ1) is 15.0. The number of hydrogen-bond donors (Lipinski definition) is 1. The maximum absolute atomic E-state index is 13.5. The third-order valence-corrected chi connectivity index (χ3v) is 5.44. The lowest BCUT2D eigenvalue weighted by Crippen LogP contribution is -2.40. The summed E-state index contributed by atoms with van der Waals surface area (Å²) in [4.78, 5) is 20.6. The van der Waals surface area contributed by atoms with Gasteiger partial charge in [0.05, 0.1) is 32.0 Å². The van der Waals surface area contributed by atoms with Gasteiger partial charge in [0, 0.05) is 48.8 Å². The molecule has 0 radical (unpaired) electrons. The number of rotatable bonds is 3. The van der Waals surface area contributed by atoms with Crippen molar-refractivity contribution in [1.29, 1.82) is 0 Å². The summed E-state index contributed by atoms with van der Waals surface area (Å²) in [5.74, 6) is 1.10. The van der Waals surface area contributed by atoms with Gasteiger partial charge in [-0.2, -0.15) is 28.1 Å². The summed E-state index contributed by atoms with van der Waals surface area (Å²) in [6.45, 7) is 4.59. The third-order valence-electron chi connectivity index (χ3n) is 5.44. The predicted molar refractivity (Wildman–Crippen MR) is 108 cm³/mol. The lowest BCUT2D eigenvalue weighted by Gasteiger charge is -2.30. The van der Waals surface area contributed by atoms with Crippen LogP contribution in [-0.2, 0) is 15.7 Å². The molecule has 8 nitrogen and oxygen atoms in total. The van der Waals surface area contributed by atoms with Gasteiger partial charge in [0.15, 0.2) is 5.82 Å². The Labute approximate surface area is 176 Å². The van der Waals surface area contributed by atoms with Crippen LogP contribution in [0.1, 0.15) is 5.56 Å². The zero-order valence-corrected chi connectivity index (χ0v) is 16.7. The van der Waals surface area contributed by atoms with Gasteiger partial charge in [-0.1, -0.05) is 0 Å². The molecule has 0 unspecified atom stereocenters. The maximum Gasteiger partial charge on any atom is 0.416 e. The van der Waals surface area contributed by atoms with Crippen LogP contribution in [0.3, 0.4) is 0 Å². The number of nitrogens with zero attached hydrogens (tertiary/aromatic N) is 5. The average Bonchev–Trinajstić information content (AvgIpc) is 3.28. The topological polar surface area (TPSA) is 79.4 Å². The molecule has 2 saturated heterocycles. The number of fused-ring (bicyclic) bond motifs is 1. The molecule has 0 amide bonds. The van der Waals surface area contributed by atoms with E-state index in [0.29, 0.717) is 81.0 Å². The second-order valence-corrected chi connectivity index (χ2v) is 7.42. The quantitative estimate of drug-likeness (QED) is 0.679. The number of aromatic amines is 1. The number of halogens is 3. The standard InChI is InChI=1S/C20H21F3N6O2/c21-20(22,23)13-11-15(14-1-2-24-16(14)12-13)17-25-18(28-3-7-30-8-4-28)27-19(26-17)29-5-9-31-10-6-29/h1-2,11-12,24H,3-10H2. The minimum absolute atomic E-state index is 0.216. The van der Waals surface area contributed by atoms with Crippen LogP contribution in [-0.4, -0.2) is 72.5 Å². The van der Waals surface area contributed by atoms with Crippen LogP contribution in [0.5, 0.6) is 0 Å². The van der Waals surface area contributed by atoms with Crippen molar-refractivity contribution in [1.82, 2.24) is 19.9 Å². The highest BCUT2D eigenvalue weighted by Crippen LogP contribution is 2.36. The Balaban J connectivity index is 1.66. The first-order valence-electron chi connectivity index (χ1n) is 10.1. The van der Waals surface area contributed by atoms with Crippen LogP contribution in [0, 0.1) is 0 Å². The fourth-order valence-electron chi connectivity index (χ4n) is 3.80. The van der Waals surface area contributed by atoms with E-state index in [1.54, 1.807) is 12.3 Å². The van der Waals surface area contributed by atoms with Crippen molar-refractivity contribution in [2.75, 3.05) is 62.4 Å². The van der Waals surface area contributed by atoms with Crippen molar-refractivity contribution in [3.8, 4) is 11.4 Å². The number of H-pyrrole nitrogens is 1. The van der Waals surface area contributed by atoms with Crippen LogP contribution in [0.15, 0.2) is 24.4 Å². The van der Waals surface area contributed by atoms with Crippen LogP contribution < -0.4 is 9.80 Å². The van der Waals surface area contributed by atoms with E-state index in [0.717, 1.165) is 12.1 Å². The van der Waals surface area contributed by atoms with Gasteiger partial charge in [0.25, 0.3) is 0 Å². The molecular weight excluding hydrogens is 413 g/mol. The molecule has 4 heterocycles. The Kier molecular flexibility index (Phi) is 5.14. The fraction of sp³-hybridized carbons (Fsp3) is 0.450. The molecule has 0 saturated carbocycles. The first kappa shape index (κ1) is 20.0. The number of nitrogens with one attached hydrogen (secondary N) is 1. The lowest BCUT2D eigenvalue weighted by molar-refractivity contribution is -0.137. The highest BCUT2D eigenvalue weighted by atomic mass is 19.4. The van der Waals surface area contributed by atoms with Crippen molar-refractivity contribution < 1.29 is 22.6 Å². The molecule has 0 spiro atoms. The van der Waals surface area contributed by atoms with Gasteiger partial charge in [-0.25, -0.2) is 0 Å². The van der Waals surface area contributed by atoms with Gasteiger partial charge in [-0.05, 0) is 18.2 Å². The highest BCUT2D eigenvalue weighted by Gasteiger charge is 2.32. The zero-order valence-electron chi connectivity index (χ0n) is 16.7. The van der Waals surface area contributed by atoms with E-state index in [2.05, 4.69) is 19.9 Å². The Hall–Kier alpha value is -2.92. The van der Waals surface area contributed by atoms with Crippen molar-refractivity contribution in [3.63, 3.8) is 0 Å². The normalized spacial score (nSPS) is 18.0. The van der Waals surface area contributed by atoms with Crippen LogP contribution >= 0.6 is 0 Å². The number of morpholine rings is 2. The maximum atomic E-state index is 13.5. The number of benzene rings is 1. The molecular formula is C20H21F3N6O2. The van der Waals surface area contributed by atoms with Crippen molar-refractivity contribution >= 4 is 22.8 Å². The van der Waals surface area contributed by atoms with E-state index >= 15 is 0 Å². The van der Waals surface area contributed by atoms with Crippen molar-refractivity contribution in [2.24, 2.45) is 0 Å². The smallest absolute Gasteiger partial charge is 0.378 e. The molecule has 2 aliphatic rings. The molecule has 5 rings (SSSR count). The molecule has 2 aliphatic heterocycles. The molecule has 2 fully saturated rings. The molecule has 0 atom stereocenters. The van der Waals surface area contributed by atoms with Crippen LogP contribution in [0.25, 0.3) is 22.3 Å². The Bertz CT molecular complexity index is 1040. The van der Waals surface area contributed by atoms with Gasteiger partial charge < -0.3 is 24.3 Å². The minimum atomic E-state index is -4.48. The number of alkyl halides is 3. The van der Waals surface area contributed by atoms with E-state index in [4.69, 9.17) is 9.47 Å². The Morgan fingerprint density at radius 1 is 0.839 bits per heavy atom. The number of anilines is 2. The highest BCUT2D eigenvalue weighted by molar-refractivity contribution is 5.94. The predicted octanol–water partition coefficient (Wildman–Crippen LogP) is 2.71. The van der Waals surface area contributed by atoms with E-state index < -0.39 is 11.7 Å². The Morgan fingerprint density at radius 2 is 1.42 bits per heavy atom. The summed E-state index contributed by atoms with van der Waals surface area (Å²) >= 11 is 0. The lowest BCUT2D eigenvalue weighted by atomic mass is 10.0. The summed E-state index contributed by atoms with van der Waals surface area (Å²) in [5.41, 5.74) is -0.0534. The third kappa shape index (κ3) is 4.02. The van der Waals surface area contributed by atoms with Gasteiger partial charge >= 0.3 is 6.18 Å². The van der Waals surface area contributed by atoms with Crippen LogP contribution in [0.4, 0.5) is 25.1 Å². The molecule has 1 aromatic carbocycles. The summed E-state index contributed by atoms with van der Waals surface area (Å²) in [7, 11) is 0. The molecule has 0 aliphatic carbocycles. The molecule has 11 heteroatoms. The summed E-state index contributed by atoms with van der Waals surface area (Å²) < 4.78 is 51.5. The van der Waals surface area contributed by atoms with Crippen molar-refractivity contribution in [2.45, 2.75) is 6.18 Å². The first-order valence-corrected chi connectivity index (χ1v) is 10.1. The second kappa shape index (κ2) is 7.97. The molecule has 31 heavy (non-hydrogen) atoms. The van der Waals surface area contributed by atoms with Gasteiger partial charge in [-0.3, -0.25) is 0 Å². The summed E-state index contributed by atoms with van der Waals surface area (Å²) in [6, 6.07) is 3.95.